The number of nitrogens with zero attached hydrogens (tertiary/aromatic N) is 1. The van der Waals surface area contributed by atoms with E-state index < -0.39 is 0 Å². The van der Waals surface area contributed by atoms with Gasteiger partial charge in [-0.2, -0.15) is 5.26 Å². The second-order valence-electron chi connectivity index (χ2n) is 2.67. The van der Waals surface area contributed by atoms with Crippen LogP contribution in [0.3, 0.4) is 0 Å². The van der Waals surface area contributed by atoms with Crippen molar-refractivity contribution in [2.45, 2.75) is 13.3 Å². The summed E-state index contributed by atoms with van der Waals surface area (Å²) in [5, 5.41) is 9.16. The third kappa shape index (κ3) is 1.89. The van der Waals surface area contributed by atoms with Crippen molar-refractivity contribution in [2.24, 2.45) is 0 Å². The van der Waals surface area contributed by atoms with Gasteiger partial charge in [-0.15, -0.1) is 0 Å². The predicted molar refractivity (Wildman–Crippen MR) is 55.8 cm³/mol. The van der Waals surface area contributed by atoms with Crippen molar-refractivity contribution >= 4 is 29.0 Å². The Kier molecular flexibility index (Phi) is 3.51. The molecule has 4 heteroatoms. The van der Waals surface area contributed by atoms with Crippen molar-refractivity contribution in [3.05, 3.63) is 33.3 Å². The first-order chi connectivity index (χ1) is 6.61. The highest BCUT2D eigenvalue weighted by Gasteiger charge is 2.14. The number of ketones is 1. The molecule has 0 heterocycles. The summed E-state index contributed by atoms with van der Waals surface area (Å²) >= 11 is 11.6. The summed E-state index contributed by atoms with van der Waals surface area (Å²) in [6.45, 7) is 1.74. The van der Waals surface area contributed by atoms with E-state index in [0.29, 0.717) is 12.0 Å². The Hall–Kier alpha value is -1.04. The Morgan fingerprint density at radius 2 is 2.14 bits per heavy atom. The zero-order valence-corrected chi connectivity index (χ0v) is 8.99. The van der Waals surface area contributed by atoms with E-state index in [1.165, 1.54) is 12.1 Å². The van der Waals surface area contributed by atoms with Gasteiger partial charge >= 0.3 is 0 Å². The van der Waals surface area contributed by atoms with Gasteiger partial charge in [0.2, 0.25) is 0 Å². The van der Waals surface area contributed by atoms with Gasteiger partial charge in [0, 0.05) is 12.0 Å². The topological polar surface area (TPSA) is 40.9 Å². The minimum absolute atomic E-state index is 0.0943. The minimum atomic E-state index is -0.0943. The second kappa shape index (κ2) is 4.45. The van der Waals surface area contributed by atoms with Crippen molar-refractivity contribution < 1.29 is 4.79 Å². The van der Waals surface area contributed by atoms with Gasteiger partial charge in [-0.05, 0) is 12.1 Å². The Bertz CT molecular complexity index is 421. The maximum absolute atomic E-state index is 11.4. The average molecular weight is 228 g/mol. The van der Waals surface area contributed by atoms with Crippen LogP contribution in [0, 0.1) is 11.3 Å². The molecule has 14 heavy (non-hydrogen) atoms. The fraction of sp³-hybridized carbons (Fsp3) is 0.200. The lowest BCUT2D eigenvalue weighted by molar-refractivity contribution is 0.0988. The maximum Gasteiger partial charge on any atom is 0.164 e. The number of hydrogen-bond acceptors (Lipinski definition) is 2. The van der Waals surface area contributed by atoms with Crippen molar-refractivity contribution in [1.29, 1.82) is 5.26 Å². The fourth-order valence-corrected chi connectivity index (χ4v) is 1.62. The van der Waals surface area contributed by atoms with Crippen LogP contribution in [0.15, 0.2) is 12.1 Å². The largest absolute Gasteiger partial charge is 0.294 e. The molecule has 0 aliphatic carbocycles. The molecule has 1 aromatic rings. The number of benzene rings is 1. The van der Waals surface area contributed by atoms with Crippen LogP contribution in [0.4, 0.5) is 0 Å². The number of Topliss-reactive ketones (excluding diaryl/α,β-unsaturated/α-hetero) is 1. The molecule has 0 saturated carbocycles. The van der Waals surface area contributed by atoms with Crippen LogP contribution < -0.4 is 0 Å². The molecule has 0 bridgehead atoms. The van der Waals surface area contributed by atoms with Crippen LogP contribution in [-0.4, -0.2) is 5.78 Å². The maximum atomic E-state index is 11.4. The van der Waals surface area contributed by atoms with E-state index in [1.807, 2.05) is 6.07 Å². The molecule has 0 aliphatic rings. The first-order valence-corrected chi connectivity index (χ1v) is 4.78. The first kappa shape index (κ1) is 11.0. The van der Waals surface area contributed by atoms with E-state index in [4.69, 9.17) is 28.5 Å². The SMILES string of the molecule is CCC(=O)c1ccc(Cl)c(C#N)c1Cl. The van der Waals surface area contributed by atoms with Gasteiger partial charge in [-0.25, -0.2) is 0 Å². The lowest BCUT2D eigenvalue weighted by atomic mass is 10.1. The summed E-state index contributed by atoms with van der Waals surface area (Å²) in [6.07, 6.45) is 0.353. The summed E-state index contributed by atoms with van der Waals surface area (Å²) in [7, 11) is 0. The summed E-state index contributed by atoms with van der Waals surface area (Å²) in [4.78, 5) is 11.4. The van der Waals surface area contributed by atoms with Gasteiger partial charge in [-0.1, -0.05) is 30.1 Å². The highest BCUT2D eigenvalue weighted by molar-refractivity contribution is 6.38. The van der Waals surface area contributed by atoms with Crippen LogP contribution in [0.5, 0.6) is 0 Å². The van der Waals surface area contributed by atoms with Crippen LogP contribution >= 0.6 is 23.2 Å². The lowest BCUT2D eigenvalue weighted by Gasteiger charge is -2.04. The molecule has 1 aromatic carbocycles. The normalized spacial score (nSPS) is 9.57. The van der Waals surface area contributed by atoms with Crippen LogP contribution in [0.1, 0.15) is 29.3 Å². The highest BCUT2D eigenvalue weighted by atomic mass is 35.5. The third-order valence-corrected chi connectivity index (χ3v) is 2.53. The summed E-state index contributed by atoms with van der Waals surface area (Å²) in [5.74, 6) is -0.0943. The van der Waals surface area contributed by atoms with Gasteiger partial charge in [-0.3, -0.25) is 4.79 Å². The predicted octanol–water partition coefficient (Wildman–Crippen LogP) is 3.46. The van der Waals surface area contributed by atoms with Crippen LogP contribution in [-0.2, 0) is 0 Å². The zero-order chi connectivity index (χ0) is 10.7. The smallest absolute Gasteiger partial charge is 0.164 e. The van der Waals surface area contributed by atoms with Crippen molar-refractivity contribution in [3.63, 3.8) is 0 Å². The summed E-state index contributed by atoms with van der Waals surface area (Å²) < 4.78 is 0. The van der Waals surface area contributed by atoms with E-state index >= 15 is 0 Å². The molecule has 0 N–H and O–H groups in total. The molecule has 0 unspecified atom stereocenters. The van der Waals surface area contributed by atoms with E-state index in [9.17, 15) is 4.79 Å². The molecule has 0 saturated heterocycles. The monoisotopic (exact) mass is 227 g/mol. The van der Waals surface area contributed by atoms with Gasteiger partial charge in [0.25, 0.3) is 0 Å². The van der Waals surface area contributed by atoms with Gasteiger partial charge < -0.3 is 0 Å². The minimum Gasteiger partial charge on any atom is -0.294 e. The van der Waals surface area contributed by atoms with Crippen LogP contribution in [0.25, 0.3) is 0 Å². The van der Waals surface area contributed by atoms with Crippen molar-refractivity contribution in [2.75, 3.05) is 0 Å². The number of halogens is 2. The number of carbonyl (C=O) groups is 1. The lowest BCUT2D eigenvalue weighted by Crippen LogP contribution is -1.99. The van der Waals surface area contributed by atoms with E-state index in [2.05, 4.69) is 0 Å². The number of carbonyl (C=O) groups excluding carboxylic acids is 1. The quantitative estimate of drug-likeness (QED) is 0.727. The molecule has 0 spiro atoms. The number of hydrogen-bond donors (Lipinski definition) is 0. The molecule has 0 fully saturated rings. The van der Waals surface area contributed by atoms with E-state index in [1.54, 1.807) is 6.92 Å². The Balaban J connectivity index is 3.37. The first-order valence-electron chi connectivity index (χ1n) is 4.03. The average Bonchev–Trinajstić information content (AvgIpc) is 2.18. The van der Waals surface area contributed by atoms with Gasteiger partial charge in [0.15, 0.2) is 5.78 Å². The van der Waals surface area contributed by atoms with Crippen molar-refractivity contribution in [1.82, 2.24) is 0 Å². The van der Waals surface area contributed by atoms with E-state index in [-0.39, 0.29) is 21.4 Å². The highest BCUT2D eigenvalue weighted by Crippen LogP contribution is 2.28. The molecule has 0 amide bonds. The molecule has 0 atom stereocenters. The van der Waals surface area contributed by atoms with Gasteiger partial charge in [0.1, 0.15) is 6.07 Å². The molecule has 0 aromatic heterocycles. The zero-order valence-electron chi connectivity index (χ0n) is 7.47. The van der Waals surface area contributed by atoms with Gasteiger partial charge in [0.05, 0.1) is 15.6 Å². The number of rotatable bonds is 2. The summed E-state index contributed by atoms with van der Waals surface area (Å²) in [6, 6.07) is 4.91. The molecular weight excluding hydrogens is 221 g/mol. The molecule has 0 radical (unpaired) electrons. The molecular formula is C10H7Cl2NO. The molecule has 72 valence electrons. The molecule has 0 aliphatic heterocycles. The van der Waals surface area contributed by atoms with E-state index in [0.717, 1.165) is 0 Å². The Labute approximate surface area is 92.1 Å². The Morgan fingerprint density at radius 1 is 1.50 bits per heavy atom. The van der Waals surface area contributed by atoms with Crippen LogP contribution in [0.2, 0.25) is 10.0 Å². The Morgan fingerprint density at radius 3 is 2.64 bits per heavy atom. The van der Waals surface area contributed by atoms with Crippen molar-refractivity contribution in [3.8, 4) is 6.07 Å². The molecule has 1 rings (SSSR count). The third-order valence-electron chi connectivity index (χ3n) is 1.82. The number of nitriles is 1. The molecule has 2 nitrogen and oxygen atoms in total. The summed E-state index contributed by atoms with van der Waals surface area (Å²) in [5.41, 5.74) is 0.516. The second-order valence-corrected chi connectivity index (χ2v) is 3.46. The fourth-order valence-electron chi connectivity index (χ4n) is 1.06. The standard InChI is InChI=1S/C10H7Cl2NO/c1-2-9(14)6-3-4-8(11)7(5-13)10(6)12/h3-4H,2H2,1H3.